The second-order valence-corrected chi connectivity index (χ2v) is 6.99. The number of hydrogen-bond acceptors (Lipinski definition) is 5. The first kappa shape index (κ1) is 17.2. The molecule has 0 saturated heterocycles. The number of nitrogens with one attached hydrogen (secondary N) is 1. The van der Waals surface area contributed by atoms with Gasteiger partial charge in [0.2, 0.25) is 0 Å². The molecule has 27 heavy (non-hydrogen) atoms. The van der Waals surface area contributed by atoms with Crippen LogP contribution in [0.2, 0.25) is 0 Å². The number of nitrogens with zero attached hydrogens (tertiary/aromatic N) is 2. The smallest absolute Gasteiger partial charge is 0.273 e. The van der Waals surface area contributed by atoms with E-state index >= 15 is 0 Å². The van der Waals surface area contributed by atoms with Gasteiger partial charge in [0.25, 0.3) is 5.91 Å². The van der Waals surface area contributed by atoms with Crippen LogP contribution in [0.4, 0.5) is 0 Å². The molecule has 4 aromatic rings. The van der Waals surface area contributed by atoms with Gasteiger partial charge in [-0.25, -0.2) is 4.98 Å². The van der Waals surface area contributed by atoms with Crippen molar-refractivity contribution in [3.05, 3.63) is 83.0 Å². The fourth-order valence-corrected chi connectivity index (χ4v) is 3.42. The first-order chi connectivity index (χ1) is 13.2. The van der Waals surface area contributed by atoms with Crippen molar-refractivity contribution in [2.75, 3.05) is 0 Å². The van der Waals surface area contributed by atoms with Crippen LogP contribution >= 0.6 is 11.3 Å². The maximum atomic E-state index is 12.3. The predicted octanol–water partition coefficient (Wildman–Crippen LogP) is 4.70. The molecular weight excluding hydrogens is 358 g/mol. The number of hydrogen-bond donors (Lipinski definition) is 1. The van der Waals surface area contributed by atoms with Gasteiger partial charge >= 0.3 is 0 Å². The zero-order valence-electron chi connectivity index (χ0n) is 14.7. The molecular formula is C21H17N3O2S. The van der Waals surface area contributed by atoms with Crippen molar-refractivity contribution in [2.45, 2.75) is 13.5 Å². The van der Waals surface area contributed by atoms with Crippen molar-refractivity contribution in [1.82, 2.24) is 15.5 Å². The van der Waals surface area contributed by atoms with Gasteiger partial charge in [0.05, 0.1) is 12.2 Å². The maximum absolute atomic E-state index is 12.3. The van der Waals surface area contributed by atoms with Crippen LogP contribution in [0, 0.1) is 6.92 Å². The average molecular weight is 375 g/mol. The second kappa shape index (κ2) is 7.55. The van der Waals surface area contributed by atoms with Gasteiger partial charge in [0.15, 0.2) is 11.5 Å². The van der Waals surface area contributed by atoms with E-state index in [9.17, 15) is 4.79 Å². The van der Waals surface area contributed by atoms with Crippen LogP contribution < -0.4 is 5.32 Å². The minimum atomic E-state index is -0.286. The first-order valence-corrected chi connectivity index (χ1v) is 9.39. The second-order valence-electron chi connectivity index (χ2n) is 6.14. The molecule has 2 aromatic heterocycles. The summed E-state index contributed by atoms with van der Waals surface area (Å²) in [4.78, 5) is 16.9. The Labute approximate surface area is 160 Å². The Morgan fingerprint density at radius 3 is 2.63 bits per heavy atom. The summed E-state index contributed by atoms with van der Waals surface area (Å²) >= 11 is 1.56. The summed E-state index contributed by atoms with van der Waals surface area (Å²) in [5.41, 5.74) is 4.19. The standard InChI is InChI=1S/C21H17N3O2S/c1-14-7-9-15(10-8-14)19-11-18(24-26-19)20(25)22-12-17-13-27-21(23-17)16-5-3-2-4-6-16/h2-11,13H,12H2,1H3,(H,22,25). The summed E-state index contributed by atoms with van der Waals surface area (Å²) in [7, 11) is 0. The van der Waals surface area contributed by atoms with E-state index < -0.39 is 0 Å². The van der Waals surface area contributed by atoms with E-state index in [0.29, 0.717) is 12.3 Å². The fraction of sp³-hybridized carbons (Fsp3) is 0.0952. The number of aromatic nitrogens is 2. The highest BCUT2D eigenvalue weighted by molar-refractivity contribution is 7.13. The van der Waals surface area contributed by atoms with Gasteiger partial charge in [0, 0.05) is 22.6 Å². The number of amides is 1. The molecule has 0 spiro atoms. The Morgan fingerprint density at radius 2 is 1.85 bits per heavy atom. The topological polar surface area (TPSA) is 68.0 Å². The van der Waals surface area contributed by atoms with Crippen molar-refractivity contribution in [3.8, 4) is 21.9 Å². The van der Waals surface area contributed by atoms with Crippen molar-refractivity contribution < 1.29 is 9.32 Å². The van der Waals surface area contributed by atoms with Gasteiger partial charge in [-0.2, -0.15) is 0 Å². The van der Waals surface area contributed by atoms with Crippen molar-refractivity contribution in [2.24, 2.45) is 0 Å². The van der Waals surface area contributed by atoms with E-state index in [1.54, 1.807) is 17.4 Å². The Bertz CT molecular complexity index is 1050. The number of carbonyl (C=O) groups is 1. The van der Waals surface area contributed by atoms with Crippen LogP contribution in [0.3, 0.4) is 0 Å². The number of aryl methyl sites for hydroxylation is 1. The Morgan fingerprint density at radius 1 is 1.07 bits per heavy atom. The van der Waals surface area contributed by atoms with Crippen LogP contribution in [0.1, 0.15) is 21.7 Å². The Kier molecular flexibility index (Phi) is 4.80. The minimum Gasteiger partial charge on any atom is -0.355 e. The van der Waals surface area contributed by atoms with Crippen molar-refractivity contribution in [3.63, 3.8) is 0 Å². The summed E-state index contributed by atoms with van der Waals surface area (Å²) in [6, 6.07) is 19.5. The van der Waals surface area contributed by atoms with E-state index in [1.165, 1.54) is 0 Å². The van der Waals surface area contributed by atoms with Gasteiger partial charge in [-0.15, -0.1) is 11.3 Å². The van der Waals surface area contributed by atoms with Crippen molar-refractivity contribution in [1.29, 1.82) is 0 Å². The summed E-state index contributed by atoms with van der Waals surface area (Å²) in [6.07, 6.45) is 0. The normalized spacial score (nSPS) is 10.7. The monoisotopic (exact) mass is 375 g/mol. The highest BCUT2D eigenvalue weighted by Crippen LogP contribution is 2.23. The highest BCUT2D eigenvalue weighted by Gasteiger charge is 2.14. The lowest BCUT2D eigenvalue weighted by molar-refractivity contribution is 0.0941. The van der Waals surface area contributed by atoms with Gasteiger partial charge < -0.3 is 9.84 Å². The van der Waals surface area contributed by atoms with Gasteiger partial charge in [-0.1, -0.05) is 65.3 Å². The molecule has 6 heteroatoms. The SMILES string of the molecule is Cc1ccc(-c2cc(C(=O)NCc3csc(-c4ccccc4)n3)no2)cc1. The summed E-state index contributed by atoms with van der Waals surface area (Å²) in [5.74, 6) is 0.284. The van der Waals surface area contributed by atoms with Crippen LogP contribution in [0.25, 0.3) is 21.9 Å². The molecule has 0 saturated carbocycles. The molecule has 0 aliphatic rings. The lowest BCUT2D eigenvalue weighted by Gasteiger charge is -1.99. The predicted molar refractivity (Wildman–Crippen MR) is 105 cm³/mol. The van der Waals surface area contributed by atoms with E-state index in [-0.39, 0.29) is 11.6 Å². The molecule has 1 N–H and O–H groups in total. The van der Waals surface area contributed by atoms with Gasteiger partial charge in [-0.05, 0) is 6.92 Å². The van der Waals surface area contributed by atoms with Gasteiger partial charge in [0.1, 0.15) is 5.01 Å². The lowest BCUT2D eigenvalue weighted by atomic mass is 10.1. The zero-order chi connectivity index (χ0) is 18.6. The summed E-state index contributed by atoms with van der Waals surface area (Å²) in [6.45, 7) is 2.36. The third-order valence-corrected chi connectivity index (χ3v) is 5.02. The maximum Gasteiger partial charge on any atom is 0.273 e. The Balaban J connectivity index is 1.40. The number of rotatable bonds is 5. The number of thiazole rings is 1. The molecule has 2 heterocycles. The minimum absolute atomic E-state index is 0.254. The summed E-state index contributed by atoms with van der Waals surface area (Å²) < 4.78 is 5.30. The van der Waals surface area contributed by atoms with Crippen LogP contribution in [0.5, 0.6) is 0 Å². The third kappa shape index (κ3) is 3.96. The largest absolute Gasteiger partial charge is 0.355 e. The molecule has 4 rings (SSSR count). The fourth-order valence-electron chi connectivity index (χ4n) is 2.60. The van der Waals surface area contributed by atoms with Crippen LogP contribution in [-0.2, 0) is 6.54 Å². The number of benzene rings is 2. The molecule has 2 aromatic carbocycles. The zero-order valence-corrected chi connectivity index (χ0v) is 15.5. The van der Waals surface area contributed by atoms with E-state index in [0.717, 1.165) is 27.4 Å². The quantitative estimate of drug-likeness (QED) is 0.549. The first-order valence-electron chi connectivity index (χ1n) is 8.51. The average Bonchev–Trinajstić information content (AvgIpc) is 3.37. The molecule has 0 aliphatic carbocycles. The van der Waals surface area contributed by atoms with E-state index in [1.807, 2.05) is 66.9 Å². The molecule has 1 amide bonds. The summed E-state index contributed by atoms with van der Waals surface area (Å²) in [5, 5.41) is 9.59. The molecule has 0 fully saturated rings. The molecule has 0 aliphatic heterocycles. The number of carbonyl (C=O) groups excluding carboxylic acids is 1. The third-order valence-electron chi connectivity index (χ3n) is 4.08. The molecule has 134 valence electrons. The molecule has 0 bridgehead atoms. The highest BCUT2D eigenvalue weighted by atomic mass is 32.1. The van der Waals surface area contributed by atoms with Gasteiger partial charge in [-0.3, -0.25) is 4.79 Å². The Hall–Kier alpha value is -3.25. The van der Waals surface area contributed by atoms with Crippen molar-refractivity contribution >= 4 is 17.2 Å². The molecule has 0 radical (unpaired) electrons. The molecule has 0 unspecified atom stereocenters. The lowest BCUT2D eigenvalue weighted by Crippen LogP contribution is -2.23. The molecule has 5 nitrogen and oxygen atoms in total. The van der Waals surface area contributed by atoms with Crippen LogP contribution in [-0.4, -0.2) is 16.0 Å². The van der Waals surface area contributed by atoms with Crippen LogP contribution in [0.15, 0.2) is 70.6 Å². The van der Waals surface area contributed by atoms with E-state index in [2.05, 4.69) is 15.5 Å². The molecule has 0 atom stereocenters. The van der Waals surface area contributed by atoms with E-state index in [4.69, 9.17) is 4.52 Å².